The molecule has 28 heavy (non-hydrogen) atoms. The average Bonchev–Trinajstić information content (AvgIpc) is 3.21. The van der Waals surface area contributed by atoms with Crippen molar-refractivity contribution in [1.29, 1.82) is 0 Å². The molecule has 10 heteroatoms. The Morgan fingerprint density at radius 2 is 1.86 bits per heavy atom. The Bertz CT molecular complexity index is 850. The Kier molecular flexibility index (Phi) is 5.59. The van der Waals surface area contributed by atoms with Gasteiger partial charge in [-0.15, -0.1) is 11.3 Å². The van der Waals surface area contributed by atoms with E-state index in [1.807, 2.05) is 12.2 Å². The van der Waals surface area contributed by atoms with Crippen molar-refractivity contribution >= 4 is 45.9 Å². The van der Waals surface area contributed by atoms with Crippen molar-refractivity contribution in [3.05, 3.63) is 29.2 Å². The molecule has 1 fully saturated rings. The fraction of sp³-hybridized carbons (Fsp3) is 0.389. The Morgan fingerprint density at radius 3 is 2.43 bits per heavy atom. The van der Waals surface area contributed by atoms with Gasteiger partial charge in [0.25, 0.3) is 11.8 Å². The molecule has 9 nitrogen and oxygen atoms in total. The van der Waals surface area contributed by atoms with E-state index in [2.05, 4.69) is 5.32 Å². The summed E-state index contributed by atoms with van der Waals surface area (Å²) in [6, 6.07) is 1.47. The molecule has 1 aromatic rings. The third kappa shape index (κ3) is 3.81. The molecule has 1 aliphatic heterocycles. The number of carbonyl (C=O) groups is 5. The Labute approximate surface area is 164 Å². The lowest BCUT2D eigenvalue weighted by atomic mass is 9.85. The molecule has 1 aliphatic carbocycles. The van der Waals surface area contributed by atoms with Gasteiger partial charge in [-0.2, -0.15) is 0 Å². The fourth-order valence-electron chi connectivity index (χ4n) is 3.26. The van der Waals surface area contributed by atoms with E-state index in [1.54, 1.807) is 5.38 Å². The summed E-state index contributed by atoms with van der Waals surface area (Å²) in [5.74, 6) is -3.86. The highest BCUT2D eigenvalue weighted by Crippen LogP contribution is 2.34. The molecule has 0 aromatic carbocycles. The fourth-order valence-corrected chi connectivity index (χ4v) is 4.05. The van der Waals surface area contributed by atoms with Gasteiger partial charge in [-0.3, -0.25) is 28.9 Å². The first-order valence-corrected chi connectivity index (χ1v) is 9.55. The number of rotatable bonds is 6. The molecule has 1 aromatic heterocycles. The third-order valence-electron chi connectivity index (χ3n) is 4.73. The second-order valence-corrected chi connectivity index (χ2v) is 7.48. The van der Waals surface area contributed by atoms with Crippen LogP contribution in [0, 0.1) is 11.8 Å². The van der Waals surface area contributed by atoms with Crippen LogP contribution in [-0.4, -0.2) is 47.1 Å². The Hall–Kier alpha value is -3.01. The molecule has 2 heterocycles. The van der Waals surface area contributed by atoms with Crippen LogP contribution >= 0.6 is 11.3 Å². The van der Waals surface area contributed by atoms with Gasteiger partial charge in [-0.05, 0) is 31.2 Å². The normalized spacial score (nSPS) is 22.0. The first-order chi connectivity index (χ1) is 13.3. The number of hydrogen-bond acceptors (Lipinski definition) is 7. The third-order valence-corrected chi connectivity index (χ3v) is 5.56. The number of nitrogens with one attached hydrogen (secondary N) is 1. The maximum Gasteiger partial charge on any atom is 0.326 e. The average molecular weight is 405 g/mol. The molecular formula is C18H19N3O6S. The van der Waals surface area contributed by atoms with Crippen LogP contribution in [0.2, 0.25) is 0 Å². The van der Waals surface area contributed by atoms with Gasteiger partial charge in [0.15, 0.2) is 6.10 Å². The van der Waals surface area contributed by atoms with E-state index in [0.717, 1.165) is 16.2 Å². The second-order valence-electron chi connectivity index (χ2n) is 6.57. The van der Waals surface area contributed by atoms with Crippen molar-refractivity contribution in [1.82, 2.24) is 4.90 Å². The number of nitrogens with two attached hydrogens (primary N) is 1. The minimum Gasteiger partial charge on any atom is -0.451 e. The maximum atomic E-state index is 12.4. The summed E-state index contributed by atoms with van der Waals surface area (Å²) in [6.45, 7) is 0.815. The van der Waals surface area contributed by atoms with Crippen LogP contribution in [0.3, 0.4) is 0 Å². The van der Waals surface area contributed by atoms with E-state index in [0.29, 0.717) is 12.8 Å². The second kappa shape index (κ2) is 7.93. The molecule has 3 rings (SSSR count). The lowest BCUT2D eigenvalue weighted by Gasteiger charge is -2.17. The summed E-state index contributed by atoms with van der Waals surface area (Å²) in [7, 11) is 0. The van der Waals surface area contributed by atoms with E-state index >= 15 is 0 Å². The van der Waals surface area contributed by atoms with Crippen LogP contribution < -0.4 is 11.1 Å². The largest absolute Gasteiger partial charge is 0.451 e. The molecule has 0 bridgehead atoms. The SMILES string of the molecule is C[C@H](OC(=O)CN1C(=O)[C@H]2CC=CC[C@@H]2C1=O)C(=O)Nc1sccc1C(N)=O. The zero-order valence-corrected chi connectivity index (χ0v) is 15.9. The predicted octanol–water partition coefficient (Wildman–Crippen LogP) is 0.668. The number of ether oxygens (including phenoxy) is 1. The molecule has 2 aliphatic rings. The van der Waals surface area contributed by atoms with Crippen LogP contribution in [0.15, 0.2) is 23.6 Å². The number of allylic oxidation sites excluding steroid dienone is 2. The lowest BCUT2D eigenvalue weighted by molar-refractivity contribution is -0.158. The molecule has 0 spiro atoms. The van der Waals surface area contributed by atoms with E-state index < -0.39 is 54.1 Å². The summed E-state index contributed by atoms with van der Waals surface area (Å²) >= 11 is 1.10. The standard InChI is InChI=1S/C18H19N3O6S/c1-9(15(24)20-16-12(14(19)23)6-7-28-16)27-13(22)8-21-17(25)10-4-2-3-5-11(10)18(21)26/h2-3,6-7,9-11H,4-5,8H2,1H3,(H2,19,23)(H,20,24)/t9-,10-,11-/m0/s1. The van der Waals surface area contributed by atoms with Crippen LogP contribution in [-0.2, 0) is 23.9 Å². The first kappa shape index (κ1) is 19.7. The number of thiophene rings is 1. The molecule has 3 N–H and O–H groups in total. The molecule has 0 saturated carbocycles. The van der Waals surface area contributed by atoms with Crippen LogP contribution in [0.25, 0.3) is 0 Å². The minimum absolute atomic E-state index is 0.154. The quantitative estimate of drug-likeness (QED) is 0.406. The van der Waals surface area contributed by atoms with E-state index in [4.69, 9.17) is 10.5 Å². The van der Waals surface area contributed by atoms with Crippen molar-refractivity contribution in [2.75, 3.05) is 11.9 Å². The van der Waals surface area contributed by atoms with Crippen molar-refractivity contribution in [3.63, 3.8) is 0 Å². The molecule has 3 atom stereocenters. The van der Waals surface area contributed by atoms with E-state index in [-0.39, 0.29) is 10.6 Å². The highest BCUT2D eigenvalue weighted by atomic mass is 32.1. The van der Waals surface area contributed by atoms with Gasteiger partial charge in [0.05, 0.1) is 17.4 Å². The van der Waals surface area contributed by atoms with Gasteiger partial charge in [0.2, 0.25) is 11.8 Å². The first-order valence-electron chi connectivity index (χ1n) is 8.67. The van der Waals surface area contributed by atoms with Crippen molar-refractivity contribution < 1.29 is 28.7 Å². The van der Waals surface area contributed by atoms with E-state index in [1.165, 1.54) is 13.0 Å². The minimum atomic E-state index is -1.19. The highest BCUT2D eigenvalue weighted by Gasteiger charge is 2.47. The van der Waals surface area contributed by atoms with Crippen LogP contribution in [0.1, 0.15) is 30.1 Å². The highest BCUT2D eigenvalue weighted by molar-refractivity contribution is 7.14. The van der Waals surface area contributed by atoms with E-state index in [9.17, 15) is 24.0 Å². The maximum absolute atomic E-state index is 12.4. The molecule has 0 unspecified atom stereocenters. The molecule has 148 valence electrons. The molecule has 1 saturated heterocycles. The summed E-state index contributed by atoms with van der Waals surface area (Å²) in [6.07, 6.45) is 3.47. The number of amides is 4. The summed E-state index contributed by atoms with van der Waals surface area (Å²) < 4.78 is 5.05. The van der Waals surface area contributed by atoms with Gasteiger partial charge in [-0.25, -0.2) is 0 Å². The van der Waals surface area contributed by atoms with Gasteiger partial charge in [0, 0.05) is 0 Å². The number of esters is 1. The number of anilines is 1. The number of fused-ring (bicyclic) bond motifs is 1. The van der Waals surface area contributed by atoms with Crippen molar-refractivity contribution in [2.45, 2.75) is 25.9 Å². The number of primary amides is 1. The zero-order chi connectivity index (χ0) is 20.4. The molecular weight excluding hydrogens is 386 g/mol. The summed E-state index contributed by atoms with van der Waals surface area (Å²) in [5.41, 5.74) is 5.37. The van der Waals surface area contributed by atoms with Gasteiger partial charge < -0.3 is 15.8 Å². The molecule has 4 amide bonds. The number of likely N-dealkylation sites (tertiary alicyclic amines) is 1. The zero-order valence-electron chi connectivity index (χ0n) is 15.0. The lowest BCUT2D eigenvalue weighted by Crippen LogP contribution is -2.39. The van der Waals surface area contributed by atoms with Gasteiger partial charge in [-0.1, -0.05) is 12.2 Å². The van der Waals surface area contributed by atoms with Crippen LogP contribution in [0.5, 0.6) is 0 Å². The Balaban J connectivity index is 1.56. The van der Waals surface area contributed by atoms with Gasteiger partial charge >= 0.3 is 5.97 Å². The monoisotopic (exact) mass is 405 g/mol. The molecule has 0 radical (unpaired) electrons. The predicted molar refractivity (Wildman–Crippen MR) is 99.1 cm³/mol. The van der Waals surface area contributed by atoms with Crippen molar-refractivity contribution in [2.24, 2.45) is 17.6 Å². The smallest absolute Gasteiger partial charge is 0.326 e. The van der Waals surface area contributed by atoms with Gasteiger partial charge in [0.1, 0.15) is 11.5 Å². The number of nitrogens with zero attached hydrogens (tertiary/aromatic N) is 1. The summed E-state index contributed by atoms with van der Waals surface area (Å²) in [5, 5.41) is 4.31. The Morgan fingerprint density at radius 1 is 1.25 bits per heavy atom. The van der Waals surface area contributed by atoms with Crippen LogP contribution in [0.4, 0.5) is 5.00 Å². The number of imide groups is 1. The number of hydrogen-bond donors (Lipinski definition) is 2. The summed E-state index contributed by atoms with van der Waals surface area (Å²) in [4.78, 5) is 61.3. The van der Waals surface area contributed by atoms with Crippen molar-refractivity contribution in [3.8, 4) is 0 Å². The topological polar surface area (TPSA) is 136 Å². The number of carbonyl (C=O) groups excluding carboxylic acids is 5.